The number of ether oxygens (including phenoxy) is 2. The molecular formula is C30H48O9. The van der Waals surface area contributed by atoms with Crippen LogP contribution in [0.25, 0.3) is 0 Å². The summed E-state index contributed by atoms with van der Waals surface area (Å²) in [6.07, 6.45) is 14.3. The molecule has 0 aliphatic heterocycles. The van der Waals surface area contributed by atoms with Crippen LogP contribution >= 0.6 is 0 Å². The summed E-state index contributed by atoms with van der Waals surface area (Å²) in [6.45, 7) is 1.00. The number of hydrogen-bond donors (Lipinski definition) is 4. The van der Waals surface area contributed by atoms with Gasteiger partial charge >= 0.3 is 17.9 Å². The first-order chi connectivity index (χ1) is 18.8. The molecule has 1 aromatic carbocycles. The van der Waals surface area contributed by atoms with E-state index in [0.717, 1.165) is 89.0 Å². The van der Waals surface area contributed by atoms with Gasteiger partial charge in [-0.2, -0.15) is 0 Å². The third kappa shape index (κ3) is 18.8. The molecule has 0 spiro atoms. The van der Waals surface area contributed by atoms with E-state index in [9.17, 15) is 19.5 Å². The van der Waals surface area contributed by atoms with Crippen molar-refractivity contribution in [3.63, 3.8) is 0 Å². The molecule has 0 amide bonds. The minimum absolute atomic E-state index is 0.0831. The van der Waals surface area contributed by atoms with Gasteiger partial charge in [0.15, 0.2) is 0 Å². The van der Waals surface area contributed by atoms with Crippen molar-refractivity contribution in [3.8, 4) is 17.2 Å². The van der Waals surface area contributed by atoms with Crippen LogP contribution in [0.3, 0.4) is 0 Å². The van der Waals surface area contributed by atoms with Gasteiger partial charge in [-0.3, -0.25) is 14.4 Å². The molecule has 0 saturated carbocycles. The predicted octanol–water partition coefficient (Wildman–Crippen LogP) is 6.97. The maximum Gasteiger partial charge on any atom is 0.303 e. The van der Waals surface area contributed by atoms with Crippen molar-refractivity contribution < 1.29 is 44.3 Å². The van der Waals surface area contributed by atoms with E-state index < -0.39 is 17.9 Å². The molecule has 0 heterocycles. The molecule has 0 aliphatic rings. The number of phenolic OH excluding ortho intramolecular Hbond substituents is 1. The van der Waals surface area contributed by atoms with E-state index in [4.69, 9.17) is 24.8 Å². The van der Waals surface area contributed by atoms with Gasteiger partial charge in [0, 0.05) is 37.0 Å². The van der Waals surface area contributed by atoms with Gasteiger partial charge in [-0.15, -0.1) is 0 Å². The lowest BCUT2D eigenvalue weighted by Crippen LogP contribution is -2.05. The summed E-state index contributed by atoms with van der Waals surface area (Å²) in [7, 11) is 0. The summed E-state index contributed by atoms with van der Waals surface area (Å²) in [6, 6.07) is 3.26. The SMILES string of the molecule is O=C(O)CCCCCCCOc1cc(O)cc(OCCCCCCCC(=O)O)c1CCCCCCCC(=O)O. The van der Waals surface area contributed by atoms with Gasteiger partial charge in [0.1, 0.15) is 17.2 Å². The fourth-order valence-electron chi connectivity index (χ4n) is 4.40. The molecule has 0 unspecified atom stereocenters. The van der Waals surface area contributed by atoms with Crippen LogP contribution in [0.1, 0.15) is 121 Å². The van der Waals surface area contributed by atoms with Crippen LogP contribution in [0.2, 0.25) is 0 Å². The quantitative estimate of drug-likeness (QED) is 0.0893. The maximum atomic E-state index is 10.7. The molecule has 4 N–H and O–H groups in total. The molecule has 1 aromatic rings. The van der Waals surface area contributed by atoms with Gasteiger partial charge in [0.2, 0.25) is 0 Å². The fraction of sp³-hybridized carbons (Fsp3) is 0.700. The zero-order chi connectivity index (χ0) is 28.7. The highest BCUT2D eigenvalue weighted by Gasteiger charge is 2.14. The molecule has 0 aliphatic carbocycles. The largest absolute Gasteiger partial charge is 0.508 e. The van der Waals surface area contributed by atoms with Crippen molar-refractivity contribution in [1.29, 1.82) is 0 Å². The Bertz CT molecular complexity index is 787. The number of carboxylic acids is 3. The molecular weight excluding hydrogens is 504 g/mol. The van der Waals surface area contributed by atoms with Crippen LogP contribution in [0.15, 0.2) is 12.1 Å². The zero-order valence-corrected chi connectivity index (χ0v) is 23.3. The summed E-state index contributed by atoms with van der Waals surface area (Å²) in [5, 5.41) is 36.5. The van der Waals surface area contributed by atoms with Crippen LogP contribution in [-0.4, -0.2) is 51.5 Å². The molecule has 0 radical (unpaired) electrons. The molecule has 39 heavy (non-hydrogen) atoms. The Labute approximate surface area is 232 Å². The molecule has 1 rings (SSSR count). The second kappa shape index (κ2) is 21.9. The van der Waals surface area contributed by atoms with E-state index in [1.807, 2.05) is 0 Å². The van der Waals surface area contributed by atoms with E-state index in [2.05, 4.69) is 0 Å². The normalized spacial score (nSPS) is 10.9. The van der Waals surface area contributed by atoms with Crippen LogP contribution < -0.4 is 9.47 Å². The first kappa shape index (κ1) is 34.1. The highest BCUT2D eigenvalue weighted by atomic mass is 16.5. The number of carboxylic acid groups (broad SMARTS) is 3. The first-order valence-corrected chi connectivity index (χ1v) is 14.6. The van der Waals surface area contributed by atoms with Gasteiger partial charge < -0.3 is 29.9 Å². The number of phenols is 1. The Morgan fingerprint density at radius 3 is 1.23 bits per heavy atom. The van der Waals surface area contributed by atoms with E-state index in [1.165, 1.54) is 0 Å². The summed E-state index contributed by atoms with van der Waals surface area (Å²) in [5.41, 5.74) is 0.932. The highest BCUT2D eigenvalue weighted by Crippen LogP contribution is 2.35. The number of unbranched alkanes of at least 4 members (excludes halogenated alkanes) is 12. The van der Waals surface area contributed by atoms with Crippen molar-refractivity contribution in [2.75, 3.05) is 13.2 Å². The van der Waals surface area contributed by atoms with E-state index in [0.29, 0.717) is 44.0 Å². The topological polar surface area (TPSA) is 151 Å². The Balaban J connectivity index is 2.59. The number of hydrogen-bond acceptors (Lipinski definition) is 6. The van der Waals surface area contributed by atoms with E-state index in [-0.39, 0.29) is 25.0 Å². The molecule has 0 fully saturated rings. The molecule has 222 valence electrons. The lowest BCUT2D eigenvalue weighted by Gasteiger charge is -2.17. The predicted molar refractivity (Wildman–Crippen MR) is 149 cm³/mol. The third-order valence-corrected chi connectivity index (χ3v) is 6.56. The van der Waals surface area contributed by atoms with Crippen molar-refractivity contribution >= 4 is 17.9 Å². The number of carbonyl (C=O) groups is 3. The fourth-order valence-corrected chi connectivity index (χ4v) is 4.40. The summed E-state index contributed by atoms with van der Waals surface area (Å²) in [4.78, 5) is 31.9. The first-order valence-electron chi connectivity index (χ1n) is 14.6. The maximum absolute atomic E-state index is 10.7. The van der Waals surface area contributed by atoms with E-state index in [1.54, 1.807) is 12.1 Å². The van der Waals surface area contributed by atoms with E-state index >= 15 is 0 Å². The average molecular weight is 553 g/mol. The minimum Gasteiger partial charge on any atom is -0.508 e. The lowest BCUT2D eigenvalue weighted by atomic mass is 10.0. The number of benzene rings is 1. The Kier molecular flexibility index (Phi) is 19.1. The van der Waals surface area contributed by atoms with Crippen LogP contribution in [-0.2, 0) is 20.8 Å². The second-order valence-corrected chi connectivity index (χ2v) is 10.1. The third-order valence-electron chi connectivity index (χ3n) is 6.56. The van der Waals surface area contributed by atoms with Crippen LogP contribution in [0.5, 0.6) is 17.2 Å². The number of rotatable bonds is 26. The van der Waals surface area contributed by atoms with Crippen molar-refractivity contribution in [2.45, 2.75) is 122 Å². The van der Waals surface area contributed by atoms with Crippen molar-refractivity contribution in [2.24, 2.45) is 0 Å². The monoisotopic (exact) mass is 552 g/mol. The zero-order valence-electron chi connectivity index (χ0n) is 23.3. The standard InChI is InChI=1S/C30H48O9/c31-24-22-26(38-20-14-8-2-6-12-18-29(34)35)25(16-10-4-1-5-11-17-28(32)33)27(23-24)39-21-15-9-3-7-13-19-30(36)37/h22-23,31H,1-21H2,(H,32,33)(H,34,35)(H,36,37). The Hall–Kier alpha value is -2.97. The molecule has 0 bridgehead atoms. The van der Waals surface area contributed by atoms with Crippen LogP contribution in [0.4, 0.5) is 0 Å². The Morgan fingerprint density at radius 2 is 0.846 bits per heavy atom. The summed E-state index contributed by atoms with van der Waals surface area (Å²) < 4.78 is 12.1. The van der Waals surface area contributed by atoms with Gasteiger partial charge in [-0.1, -0.05) is 57.8 Å². The minimum atomic E-state index is -0.761. The number of aromatic hydroxyl groups is 1. The molecule has 0 aromatic heterocycles. The van der Waals surface area contributed by atoms with Gasteiger partial charge in [0.25, 0.3) is 0 Å². The van der Waals surface area contributed by atoms with Gasteiger partial charge in [-0.05, 0) is 44.9 Å². The van der Waals surface area contributed by atoms with Gasteiger partial charge in [0.05, 0.1) is 13.2 Å². The summed E-state index contributed by atoms with van der Waals surface area (Å²) in [5.74, 6) is -0.957. The molecule has 0 saturated heterocycles. The van der Waals surface area contributed by atoms with Crippen LogP contribution in [0, 0.1) is 0 Å². The highest BCUT2D eigenvalue weighted by molar-refractivity contribution is 5.67. The number of aliphatic carboxylic acids is 3. The molecule has 9 nitrogen and oxygen atoms in total. The average Bonchev–Trinajstić information content (AvgIpc) is 2.87. The smallest absolute Gasteiger partial charge is 0.303 e. The lowest BCUT2D eigenvalue weighted by molar-refractivity contribution is -0.138. The molecule has 0 atom stereocenters. The summed E-state index contributed by atoms with van der Waals surface area (Å²) >= 11 is 0. The van der Waals surface area contributed by atoms with Gasteiger partial charge in [-0.25, -0.2) is 0 Å². The molecule has 9 heteroatoms. The van der Waals surface area contributed by atoms with Crippen molar-refractivity contribution in [3.05, 3.63) is 17.7 Å². The Morgan fingerprint density at radius 1 is 0.513 bits per heavy atom. The second-order valence-electron chi connectivity index (χ2n) is 10.1. The van der Waals surface area contributed by atoms with Crippen molar-refractivity contribution in [1.82, 2.24) is 0 Å².